The molecule has 1 unspecified atom stereocenters. The van der Waals surface area contributed by atoms with Crippen molar-refractivity contribution in [3.05, 3.63) is 16.8 Å². The number of halogens is 1. The Morgan fingerprint density at radius 3 is 2.95 bits per heavy atom. The first-order valence-corrected chi connectivity index (χ1v) is 7.61. The summed E-state index contributed by atoms with van der Waals surface area (Å²) in [7, 11) is 0. The SMILES string of the molecule is CC(C)C1CN(c2nnc(Cl)cc2C(N)=O)CCS1. The minimum atomic E-state index is -0.522. The Kier molecular flexibility index (Phi) is 4.52. The van der Waals surface area contributed by atoms with Gasteiger partial charge in [0, 0.05) is 24.1 Å². The van der Waals surface area contributed by atoms with E-state index in [4.69, 9.17) is 17.3 Å². The predicted molar refractivity (Wildman–Crippen MR) is 78.9 cm³/mol. The van der Waals surface area contributed by atoms with Crippen LogP contribution >= 0.6 is 23.4 Å². The molecule has 2 rings (SSSR count). The summed E-state index contributed by atoms with van der Waals surface area (Å²) in [5.41, 5.74) is 5.73. The smallest absolute Gasteiger partial charge is 0.252 e. The maximum Gasteiger partial charge on any atom is 0.252 e. The Hall–Kier alpha value is -1.01. The summed E-state index contributed by atoms with van der Waals surface area (Å²) in [6, 6.07) is 1.48. The van der Waals surface area contributed by atoms with Crippen molar-refractivity contribution in [3.8, 4) is 0 Å². The van der Waals surface area contributed by atoms with E-state index >= 15 is 0 Å². The molecule has 1 fully saturated rings. The minimum absolute atomic E-state index is 0.185. The van der Waals surface area contributed by atoms with Gasteiger partial charge in [-0.2, -0.15) is 11.8 Å². The first kappa shape index (κ1) is 14.4. The number of primary amides is 1. The van der Waals surface area contributed by atoms with Gasteiger partial charge in [-0.15, -0.1) is 10.2 Å². The third kappa shape index (κ3) is 3.30. The highest BCUT2D eigenvalue weighted by atomic mass is 35.5. The van der Waals surface area contributed by atoms with Crippen LogP contribution in [0.1, 0.15) is 24.2 Å². The Labute approximate surface area is 121 Å². The Bertz CT molecular complexity index is 483. The highest BCUT2D eigenvalue weighted by Gasteiger charge is 2.26. The minimum Gasteiger partial charge on any atom is -0.365 e. The summed E-state index contributed by atoms with van der Waals surface area (Å²) in [4.78, 5) is 13.6. The lowest BCUT2D eigenvalue weighted by atomic mass is 10.1. The molecule has 1 aliphatic rings. The molecule has 1 aromatic heterocycles. The maximum absolute atomic E-state index is 11.5. The van der Waals surface area contributed by atoms with Gasteiger partial charge in [-0.3, -0.25) is 4.79 Å². The lowest BCUT2D eigenvalue weighted by molar-refractivity contribution is 0.1000. The van der Waals surface area contributed by atoms with Gasteiger partial charge in [0.2, 0.25) is 0 Å². The van der Waals surface area contributed by atoms with Crippen molar-refractivity contribution in [2.24, 2.45) is 11.7 Å². The molecule has 7 heteroatoms. The molecule has 1 aromatic rings. The molecule has 0 aliphatic carbocycles. The van der Waals surface area contributed by atoms with E-state index in [9.17, 15) is 4.79 Å². The average Bonchev–Trinajstić information content (AvgIpc) is 2.38. The van der Waals surface area contributed by atoms with Crippen molar-refractivity contribution in [2.45, 2.75) is 19.1 Å². The van der Waals surface area contributed by atoms with E-state index in [1.54, 1.807) is 0 Å². The van der Waals surface area contributed by atoms with E-state index in [0.29, 0.717) is 22.5 Å². The number of aromatic nitrogens is 2. The normalized spacial score (nSPS) is 19.8. The molecule has 5 nitrogen and oxygen atoms in total. The van der Waals surface area contributed by atoms with Gasteiger partial charge in [0.1, 0.15) is 0 Å². The molecule has 2 heterocycles. The Balaban J connectivity index is 2.28. The van der Waals surface area contributed by atoms with Crippen molar-refractivity contribution in [3.63, 3.8) is 0 Å². The van der Waals surface area contributed by atoms with E-state index in [1.165, 1.54) is 6.07 Å². The van der Waals surface area contributed by atoms with E-state index in [-0.39, 0.29) is 5.15 Å². The van der Waals surface area contributed by atoms with Crippen LogP contribution in [0.15, 0.2) is 6.07 Å². The molecule has 1 atom stereocenters. The van der Waals surface area contributed by atoms with Crippen LogP contribution in [0.25, 0.3) is 0 Å². The first-order chi connectivity index (χ1) is 8.99. The summed E-state index contributed by atoms with van der Waals surface area (Å²) in [6.07, 6.45) is 0. The fourth-order valence-electron chi connectivity index (χ4n) is 2.05. The van der Waals surface area contributed by atoms with E-state index in [2.05, 4.69) is 28.9 Å². The maximum atomic E-state index is 11.5. The van der Waals surface area contributed by atoms with Gasteiger partial charge in [0.15, 0.2) is 11.0 Å². The van der Waals surface area contributed by atoms with Crippen molar-refractivity contribution < 1.29 is 4.79 Å². The fraction of sp³-hybridized carbons (Fsp3) is 0.583. The summed E-state index contributed by atoms with van der Waals surface area (Å²) in [6.45, 7) is 6.08. The summed E-state index contributed by atoms with van der Waals surface area (Å²) in [5.74, 6) is 1.60. The average molecular weight is 301 g/mol. The second-order valence-electron chi connectivity index (χ2n) is 4.87. The topological polar surface area (TPSA) is 72.1 Å². The zero-order chi connectivity index (χ0) is 14.0. The molecule has 1 amide bonds. The van der Waals surface area contributed by atoms with Gasteiger partial charge in [0.05, 0.1) is 5.56 Å². The van der Waals surface area contributed by atoms with Crippen molar-refractivity contribution in [1.82, 2.24) is 10.2 Å². The lowest BCUT2D eigenvalue weighted by Crippen LogP contribution is -2.41. The van der Waals surface area contributed by atoms with Crippen molar-refractivity contribution in [2.75, 3.05) is 23.7 Å². The van der Waals surface area contributed by atoms with E-state index < -0.39 is 5.91 Å². The summed E-state index contributed by atoms with van der Waals surface area (Å²) in [5, 5.41) is 8.58. The van der Waals surface area contributed by atoms with Crippen LogP contribution in [-0.2, 0) is 0 Å². The molecule has 0 radical (unpaired) electrons. The van der Waals surface area contributed by atoms with Crippen LogP contribution in [0.2, 0.25) is 5.15 Å². The Morgan fingerprint density at radius 2 is 2.32 bits per heavy atom. The number of hydrogen-bond acceptors (Lipinski definition) is 5. The number of thioether (sulfide) groups is 1. The zero-order valence-electron chi connectivity index (χ0n) is 11.0. The van der Waals surface area contributed by atoms with E-state index in [1.807, 2.05) is 11.8 Å². The molecule has 0 saturated carbocycles. The quantitative estimate of drug-likeness (QED) is 0.921. The molecule has 0 spiro atoms. The van der Waals surface area contributed by atoms with Gasteiger partial charge in [-0.05, 0) is 12.0 Å². The van der Waals surface area contributed by atoms with Gasteiger partial charge in [0.25, 0.3) is 5.91 Å². The van der Waals surface area contributed by atoms with Crippen LogP contribution in [-0.4, -0.2) is 40.2 Å². The van der Waals surface area contributed by atoms with Crippen LogP contribution in [0.4, 0.5) is 5.82 Å². The predicted octanol–water partition coefficient (Wildman–Crippen LogP) is 1.81. The summed E-state index contributed by atoms with van der Waals surface area (Å²) >= 11 is 7.73. The molecule has 19 heavy (non-hydrogen) atoms. The first-order valence-electron chi connectivity index (χ1n) is 6.18. The second kappa shape index (κ2) is 5.96. The number of rotatable bonds is 3. The van der Waals surface area contributed by atoms with Crippen LogP contribution in [0.5, 0.6) is 0 Å². The molecule has 104 valence electrons. The molecular weight excluding hydrogens is 284 g/mol. The van der Waals surface area contributed by atoms with Crippen LogP contribution in [0, 0.1) is 5.92 Å². The third-order valence-corrected chi connectivity index (χ3v) is 4.87. The zero-order valence-corrected chi connectivity index (χ0v) is 12.5. The molecule has 1 aliphatic heterocycles. The number of nitrogens with zero attached hydrogens (tertiary/aromatic N) is 3. The lowest BCUT2D eigenvalue weighted by Gasteiger charge is -2.35. The monoisotopic (exact) mass is 300 g/mol. The number of carbonyl (C=O) groups is 1. The summed E-state index contributed by atoms with van der Waals surface area (Å²) < 4.78 is 0. The number of carbonyl (C=O) groups excluding carboxylic acids is 1. The van der Waals surface area contributed by atoms with Crippen molar-refractivity contribution >= 4 is 35.1 Å². The number of nitrogens with two attached hydrogens (primary N) is 1. The van der Waals surface area contributed by atoms with Crippen LogP contribution in [0.3, 0.4) is 0 Å². The fourth-order valence-corrected chi connectivity index (χ4v) is 3.49. The largest absolute Gasteiger partial charge is 0.365 e. The van der Waals surface area contributed by atoms with Gasteiger partial charge in [-0.1, -0.05) is 25.4 Å². The van der Waals surface area contributed by atoms with E-state index in [0.717, 1.165) is 18.8 Å². The molecular formula is C12H17ClN4OS. The second-order valence-corrected chi connectivity index (χ2v) is 6.60. The van der Waals surface area contributed by atoms with Gasteiger partial charge in [-0.25, -0.2) is 0 Å². The molecule has 1 saturated heterocycles. The standard InChI is InChI=1S/C12H17ClN4OS/c1-7(2)9-6-17(3-4-19-9)12-8(11(14)18)5-10(13)15-16-12/h5,7,9H,3-4,6H2,1-2H3,(H2,14,18). The highest BCUT2D eigenvalue weighted by molar-refractivity contribution is 8.00. The van der Waals surface area contributed by atoms with Gasteiger partial charge >= 0.3 is 0 Å². The highest BCUT2D eigenvalue weighted by Crippen LogP contribution is 2.29. The molecule has 0 aromatic carbocycles. The number of hydrogen-bond donors (Lipinski definition) is 1. The number of anilines is 1. The molecule has 0 bridgehead atoms. The third-order valence-electron chi connectivity index (χ3n) is 3.15. The van der Waals surface area contributed by atoms with Gasteiger partial charge < -0.3 is 10.6 Å². The van der Waals surface area contributed by atoms with Crippen LogP contribution < -0.4 is 10.6 Å². The molecule has 2 N–H and O–H groups in total. The van der Waals surface area contributed by atoms with Crippen molar-refractivity contribution in [1.29, 1.82) is 0 Å². The Morgan fingerprint density at radius 1 is 1.58 bits per heavy atom. The number of amides is 1.